The van der Waals surface area contributed by atoms with Crippen molar-refractivity contribution in [2.45, 2.75) is 51.4 Å². The zero-order valence-electron chi connectivity index (χ0n) is 13.2. The van der Waals surface area contributed by atoms with E-state index in [0.29, 0.717) is 26.1 Å². The fourth-order valence-electron chi connectivity index (χ4n) is 1.86. The molecule has 0 aromatic carbocycles. The summed E-state index contributed by atoms with van der Waals surface area (Å²) in [5.74, 6) is -0.111. The van der Waals surface area contributed by atoms with Crippen molar-refractivity contribution in [2.75, 3.05) is 31.8 Å². The van der Waals surface area contributed by atoms with Crippen LogP contribution in [0.3, 0.4) is 0 Å². The van der Waals surface area contributed by atoms with Crippen LogP contribution in [0.4, 0.5) is 0 Å². The minimum atomic E-state index is -3.82. The first-order valence-corrected chi connectivity index (χ1v) is 10.8. The zero-order valence-corrected chi connectivity index (χ0v) is 14.8. The van der Waals surface area contributed by atoms with Crippen LogP contribution in [-0.4, -0.2) is 53.2 Å². The normalized spacial score (nSPS) is 12.6. The Kier molecular flexibility index (Phi) is 12.1. The Bertz CT molecular complexity index is 457. The van der Waals surface area contributed by atoms with Crippen LogP contribution in [0.5, 0.6) is 0 Å². The molecule has 0 spiro atoms. The van der Waals surface area contributed by atoms with Crippen LogP contribution in [0.25, 0.3) is 0 Å². The lowest BCUT2D eigenvalue weighted by Crippen LogP contribution is -2.07. The highest BCUT2D eigenvalue weighted by molar-refractivity contribution is 7.86. The molecule has 1 N–H and O–H groups in total. The number of rotatable bonds is 15. The van der Waals surface area contributed by atoms with Gasteiger partial charge in [0, 0.05) is 13.2 Å². The van der Waals surface area contributed by atoms with Crippen molar-refractivity contribution in [2.24, 2.45) is 0 Å². The monoisotopic (exact) mass is 360 g/mol. The Labute approximate surface area is 134 Å². The van der Waals surface area contributed by atoms with Gasteiger partial charge in [-0.3, -0.25) is 8.74 Å². The molecule has 0 amide bonds. The molecule has 0 heterocycles. The lowest BCUT2D eigenvalue weighted by Gasteiger charge is -2.05. The Balaban J connectivity index is 3.21. The van der Waals surface area contributed by atoms with Gasteiger partial charge in [0.15, 0.2) is 0 Å². The topological polar surface area (TPSA) is 107 Å². The van der Waals surface area contributed by atoms with Gasteiger partial charge in [0.1, 0.15) is 0 Å². The molecule has 0 aromatic heterocycles. The van der Waals surface area contributed by atoms with E-state index >= 15 is 0 Å². The van der Waals surface area contributed by atoms with Gasteiger partial charge in [-0.25, -0.2) is 0 Å². The van der Waals surface area contributed by atoms with Crippen molar-refractivity contribution >= 4 is 20.2 Å². The van der Waals surface area contributed by atoms with Gasteiger partial charge >= 0.3 is 0 Å². The van der Waals surface area contributed by atoms with Crippen molar-refractivity contribution in [1.82, 2.24) is 0 Å². The van der Waals surface area contributed by atoms with Crippen LogP contribution in [0, 0.1) is 0 Å². The SMILES string of the molecule is COS(=O)(=O)CCCCCCOCCCCCCS(=O)(=O)O. The minimum absolute atomic E-state index is 0.0634. The number of unbranched alkanes of at least 4 members (excludes halogenated alkanes) is 6. The van der Waals surface area contributed by atoms with E-state index in [2.05, 4.69) is 4.18 Å². The Hall–Kier alpha value is -0.220. The van der Waals surface area contributed by atoms with Gasteiger partial charge in [0.2, 0.25) is 0 Å². The smallest absolute Gasteiger partial charge is 0.267 e. The molecule has 0 aliphatic carbocycles. The highest BCUT2D eigenvalue weighted by Crippen LogP contribution is 2.05. The standard InChI is InChI=1S/C13H28O7S2/c1-19-22(17,18)13-9-5-3-7-11-20-10-6-2-4-8-12-21(14,15)16/h2-13H2,1H3,(H,14,15,16). The lowest BCUT2D eigenvalue weighted by molar-refractivity contribution is 0.126. The van der Waals surface area contributed by atoms with E-state index in [1.54, 1.807) is 0 Å². The maximum Gasteiger partial charge on any atom is 0.267 e. The van der Waals surface area contributed by atoms with Gasteiger partial charge in [-0.05, 0) is 25.7 Å². The van der Waals surface area contributed by atoms with Crippen LogP contribution in [-0.2, 0) is 29.2 Å². The highest BCUT2D eigenvalue weighted by Gasteiger charge is 2.07. The zero-order chi connectivity index (χ0) is 16.9. The minimum Gasteiger partial charge on any atom is -0.381 e. The average molecular weight is 360 g/mol. The number of hydrogen-bond donors (Lipinski definition) is 1. The van der Waals surface area contributed by atoms with E-state index in [-0.39, 0.29) is 11.5 Å². The van der Waals surface area contributed by atoms with Gasteiger partial charge in [0.25, 0.3) is 20.2 Å². The molecule has 0 aliphatic rings. The van der Waals surface area contributed by atoms with E-state index in [1.807, 2.05) is 0 Å². The van der Waals surface area contributed by atoms with E-state index < -0.39 is 20.2 Å². The van der Waals surface area contributed by atoms with Crippen molar-refractivity contribution in [1.29, 1.82) is 0 Å². The predicted molar refractivity (Wildman–Crippen MR) is 85.0 cm³/mol. The van der Waals surface area contributed by atoms with Crippen molar-refractivity contribution in [3.8, 4) is 0 Å². The molecule has 0 atom stereocenters. The first-order chi connectivity index (χ1) is 10.3. The van der Waals surface area contributed by atoms with Gasteiger partial charge in [-0.15, -0.1) is 0 Å². The molecule has 7 nitrogen and oxygen atoms in total. The van der Waals surface area contributed by atoms with E-state index in [1.165, 1.54) is 7.11 Å². The van der Waals surface area contributed by atoms with Crippen LogP contribution in [0.2, 0.25) is 0 Å². The van der Waals surface area contributed by atoms with Gasteiger partial charge < -0.3 is 4.74 Å². The second-order valence-electron chi connectivity index (χ2n) is 5.16. The molecule has 0 aliphatic heterocycles. The van der Waals surface area contributed by atoms with Crippen molar-refractivity contribution < 1.29 is 30.3 Å². The first-order valence-electron chi connectivity index (χ1n) is 7.58. The largest absolute Gasteiger partial charge is 0.381 e. The summed E-state index contributed by atoms with van der Waals surface area (Å²) >= 11 is 0. The maximum atomic E-state index is 11.0. The molecule has 0 saturated heterocycles. The number of ether oxygens (including phenoxy) is 1. The average Bonchev–Trinajstić information content (AvgIpc) is 2.42. The summed E-state index contributed by atoms with van der Waals surface area (Å²) < 4.78 is 61.4. The van der Waals surface area contributed by atoms with Crippen LogP contribution < -0.4 is 0 Å². The summed E-state index contributed by atoms with van der Waals surface area (Å²) in [6, 6.07) is 0. The fourth-order valence-corrected chi connectivity index (χ4v) is 3.16. The van der Waals surface area contributed by atoms with E-state index in [9.17, 15) is 16.8 Å². The molecule has 22 heavy (non-hydrogen) atoms. The van der Waals surface area contributed by atoms with Gasteiger partial charge in [-0.1, -0.05) is 25.7 Å². The summed E-state index contributed by atoms with van der Waals surface area (Å²) in [6.07, 6.45) is 6.25. The molecule has 0 fully saturated rings. The summed E-state index contributed by atoms with van der Waals surface area (Å²) in [5.41, 5.74) is 0. The molecule has 0 unspecified atom stereocenters. The molecule has 0 aromatic rings. The third kappa shape index (κ3) is 16.2. The van der Waals surface area contributed by atoms with Gasteiger partial charge in [0.05, 0.1) is 18.6 Å². The quantitative estimate of drug-likeness (QED) is 0.270. The second kappa shape index (κ2) is 12.2. The fraction of sp³-hybridized carbons (Fsp3) is 1.00. The van der Waals surface area contributed by atoms with E-state index in [4.69, 9.17) is 9.29 Å². The van der Waals surface area contributed by atoms with Gasteiger partial charge in [-0.2, -0.15) is 16.8 Å². The van der Waals surface area contributed by atoms with Crippen LogP contribution >= 0.6 is 0 Å². The molecule has 0 radical (unpaired) electrons. The summed E-state index contributed by atoms with van der Waals surface area (Å²) in [7, 11) is -5.98. The molecule has 9 heteroatoms. The molecular formula is C13H28O7S2. The Morgan fingerprint density at radius 3 is 1.64 bits per heavy atom. The molecular weight excluding hydrogens is 332 g/mol. The summed E-state index contributed by atoms with van der Waals surface area (Å²) in [5, 5.41) is 0. The second-order valence-corrected chi connectivity index (χ2v) is 8.58. The third-order valence-corrected chi connectivity index (χ3v) is 5.23. The summed E-state index contributed by atoms with van der Waals surface area (Å²) in [4.78, 5) is 0. The first kappa shape index (κ1) is 21.8. The maximum absolute atomic E-state index is 11.0. The predicted octanol–water partition coefficient (Wildman–Crippen LogP) is 1.99. The molecule has 0 rings (SSSR count). The van der Waals surface area contributed by atoms with Crippen molar-refractivity contribution in [3.05, 3.63) is 0 Å². The molecule has 0 bridgehead atoms. The third-order valence-electron chi connectivity index (χ3n) is 3.13. The summed E-state index contributed by atoms with van der Waals surface area (Å²) in [6.45, 7) is 1.30. The molecule has 0 saturated carbocycles. The highest BCUT2D eigenvalue weighted by atomic mass is 32.2. The molecule has 134 valence electrons. The van der Waals surface area contributed by atoms with Crippen molar-refractivity contribution in [3.63, 3.8) is 0 Å². The van der Waals surface area contributed by atoms with Crippen LogP contribution in [0.15, 0.2) is 0 Å². The number of hydrogen-bond acceptors (Lipinski definition) is 6. The lowest BCUT2D eigenvalue weighted by atomic mass is 10.2. The van der Waals surface area contributed by atoms with E-state index in [0.717, 1.165) is 38.5 Å². The van der Waals surface area contributed by atoms with Crippen LogP contribution in [0.1, 0.15) is 51.4 Å². The Morgan fingerprint density at radius 1 is 0.727 bits per heavy atom. The Morgan fingerprint density at radius 2 is 1.18 bits per heavy atom.